The highest BCUT2D eigenvalue weighted by Gasteiger charge is 2.23. The van der Waals surface area contributed by atoms with E-state index in [0.717, 1.165) is 12.8 Å². The number of hydrogen-bond donors (Lipinski definition) is 0. The molecule has 0 fully saturated rings. The van der Waals surface area contributed by atoms with Gasteiger partial charge in [-0.2, -0.15) is 0 Å². The third-order valence-electron chi connectivity index (χ3n) is 5.77. The van der Waals surface area contributed by atoms with Gasteiger partial charge in [-0.3, -0.25) is 0 Å². The molecule has 0 atom stereocenters. The van der Waals surface area contributed by atoms with Gasteiger partial charge in [0, 0.05) is 0 Å². The molecule has 0 radical (unpaired) electrons. The van der Waals surface area contributed by atoms with Crippen molar-refractivity contribution in [2.45, 2.75) is 60.3 Å². The Morgan fingerprint density at radius 3 is 1.57 bits per heavy atom. The molecular formula is C27H33P. The van der Waals surface area contributed by atoms with Crippen LogP contribution in [-0.4, -0.2) is 0 Å². The minimum absolute atomic E-state index is 0.560. The second-order valence-corrected chi connectivity index (χ2v) is 9.86. The van der Waals surface area contributed by atoms with E-state index in [1.807, 2.05) is 0 Å². The molecule has 0 aliphatic carbocycles. The van der Waals surface area contributed by atoms with Crippen LogP contribution in [0, 0.1) is 20.8 Å². The molecule has 0 amide bonds. The van der Waals surface area contributed by atoms with Crippen molar-refractivity contribution in [3.8, 4) is 0 Å². The molecule has 0 saturated heterocycles. The quantitative estimate of drug-likeness (QED) is 0.418. The molecule has 0 aliphatic heterocycles. The van der Waals surface area contributed by atoms with E-state index in [4.69, 9.17) is 0 Å². The van der Waals surface area contributed by atoms with Gasteiger partial charge in [0.05, 0.1) is 0 Å². The first-order valence-electron chi connectivity index (χ1n) is 10.6. The molecule has 0 aliphatic rings. The topological polar surface area (TPSA) is 0 Å². The van der Waals surface area contributed by atoms with Crippen molar-refractivity contribution in [3.63, 3.8) is 0 Å². The number of benzene rings is 3. The number of rotatable bonds is 7. The predicted octanol–water partition coefficient (Wildman–Crippen LogP) is 6.28. The molecule has 0 nitrogen and oxygen atoms in total. The smallest absolute Gasteiger partial charge is 0.0119 e. The SMILES string of the molecule is CCCc1ccccc1P(c1ccccc1CCC)c1ccc(C)c(C)c1C. The highest BCUT2D eigenvalue weighted by Crippen LogP contribution is 2.38. The van der Waals surface area contributed by atoms with E-state index in [9.17, 15) is 0 Å². The summed E-state index contributed by atoms with van der Waals surface area (Å²) >= 11 is 0. The van der Waals surface area contributed by atoms with Gasteiger partial charge < -0.3 is 0 Å². The molecule has 0 spiro atoms. The summed E-state index contributed by atoms with van der Waals surface area (Å²) in [5.41, 5.74) is 7.31. The monoisotopic (exact) mass is 388 g/mol. The average molecular weight is 389 g/mol. The summed E-state index contributed by atoms with van der Waals surface area (Å²) in [6.45, 7) is 11.4. The van der Waals surface area contributed by atoms with Gasteiger partial charge in [-0.1, -0.05) is 87.4 Å². The molecule has 1 heteroatoms. The number of aryl methyl sites for hydroxylation is 3. The standard InChI is InChI=1S/C27H33P/c1-6-12-23-14-8-10-16-26(23)28(25-19-18-20(3)21(4)22(25)5)27-17-11-9-15-24(27)13-7-2/h8-11,14-19H,6-7,12-13H2,1-5H3. The van der Waals surface area contributed by atoms with E-state index in [0.29, 0.717) is 0 Å². The molecule has 3 aromatic carbocycles. The highest BCUT2D eigenvalue weighted by molar-refractivity contribution is 7.80. The van der Waals surface area contributed by atoms with Crippen LogP contribution >= 0.6 is 7.92 Å². The minimum Gasteiger partial charge on any atom is -0.0651 e. The van der Waals surface area contributed by atoms with Gasteiger partial charge in [0.1, 0.15) is 0 Å². The third kappa shape index (κ3) is 4.23. The lowest BCUT2D eigenvalue weighted by Crippen LogP contribution is -2.27. The summed E-state index contributed by atoms with van der Waals surface area (Å²) in [5.74, 6) is 0. The zero-order valence-electron chi connectivity index (χ0n) is 18.0. The normalized spacial score (nSPS) is 11.2. The first-order chi connectivity index (χ1) is 13.6. The van der Waals surface area contributed by atoms with Crippen molar-refractivity contribution in [3.05, 3.63) is 88.5 Å². The highest BCUT2D eigenvalue weighted by atomic mass is 31.1. The fraction of sp³-hybridized carbons (Fsp3) is 0.333. The Labute approximate surface area is 172 Å². The first kappa shape index (κ1) is 20.8. The molecule has 3 aromatic rings. The van der Waals surface area contributed by atoms with Crippen LogP contribution < -0.4 is 15.9 Å². The Balaban J connectivity index is 2.29. The van der Waals surface area contributed by atoms with E-state index in [1.54, 1.807) is 0 Å². The molecule has 0 unspecified atom stereocenters. The van der Waals surface area contributed by atoms with Gasteiger partial charge in [-0.15, -0.1) is 0 Å². The summed E-state index contributed by atoms with van der Waals surface area (Å²) < 4.78 is 0. The fourth-order valence-electron chi connectivity index (χ4n) is 3.99. The van der Waals surface area contributed by atoms with Gasteiger partial charge in [-0.05, 0) is 85.3 Å². The fourth-order valence-corrected chi connectivity index (χ4v) is 6.92. The zero-order chi connectivity index (χ0) is 20.1. The summed E-state index contributed by atoms with van der Waals surface area (Å²) in [7, 11) is -0.560. The Morgan fingerprint density at radius 1 is 0.571 bits per heavy atom. The summed E-state index contributed by atoms with van der Waals surface area (Å²) in [6, 6.07) is 23.0. The van der Waals surface area contributed by atoms with Crippen molar-refractivity contribution in [1.82, 2.24) is 0 Å². The minimum atomic E-state index is -0.560. The Bertz CT molecular complexity index is 889. The van der Waals surface area contributed by atoms with E-state index in [2.05, 4.69) is 95.3 Å². The van der Waals surface area contributed by atoms with E-state index < -0.39 is 7.92 Å². The van der Waals surface area contributed by atoms with Gasteiger partial charge in [0.25, 0.3) is 0 Å². The van der Waals surface area contributed by atoms with Crippen molar-refractivity contribution >= 4 is 23.8 Å². The second-order valence-electron chi connectivity index (χ2n) is 7.74. The molecule has 28 heavy (non-hydrogen) atoms. The van der Waals surface area contributed by atoms with Crippen LogP contribution in [0.3, 0.4) is 0 Å². The van der Waals surface area contributed by atoms with Crippen LogP contribution in [0.5, 0.6) is 0 Å². The van der Waals surface area contributed by atoms with Crippen molar-refractivity contribution < 1.29 is 0 Å². The van der Waals surface area contributed by atoms with Gasteiger partial charge in [0.2, 0.25) is 0 Å². The second kappa shape index (κ2) is 9.53. The maximum Gasteiger partial charge on any atom is -0.0119 e. The Morgan fingerprint density at radius 2 is 1.07 bits per heavy atom. The Hall–Kier alpha value is -1.91. The maximum absolute atomic E-state index is 2.40. The van der Waals surface area contributed by atoms with Crippen molar-refractivity contribution in [2.75, 3.05) is 0 Å². The van der Waals surface area contributed by atoms with Crippen LogP contribution in [0.2, 0.25) is 0 Å². The van der Waals surface area contributed by atoms with Crippen molar-refractivity contribution in [1.29, 1.82) is 0 Å². The van der Waals surface area contributed by atoms with Crippen LogP contribution in [0.4, 0.5) is 0 Å². The van der Waals surface area contributed by atoms with Crippen LogP contribution in [-0.2, 0) is 12.8 Å². The largest absolute Gasteiger partial charge is 0.0651 e. The lowest BCUT2D eigenvalue weighted by molar-refractivity contribution is 0.926. The number of hydrogen-bond acceptors (Lipinski definition) is 0. The van der Waals surface area contributed by atoms with Crippen molar-refractivity contribution in [2.24, 2.45) is 0 Å². The first-order valence-corrected chi connectivity index (χ1v) is 11.9. The third-order valence-corrected chi connectivity index (χ3v) is 8.58. The molecule has 146 valence electrons. The molecule has 0 N–H and O–H groups in total. The van der Waals surface area contributed by atoms with Gasteiger partial charge in [-0.25, -0.2) is 0 Å². The summed E-state index contributed by atoms with van der Waals surface area (Å²) in [5, 5.41) is 4.59. The van der Waals surface area contributed by atoms with Crippen LogP contribution in [0.1, 0.15) is 54.5 Å². The van der Waals surface area contributed by atoms with Crippen LogP contribution in [0.25, 0.3) is 0 Å². The summed E-state index contributed by atoms with van der Waals surface area (Å²) in [6.07, 6.45) is 4.66. The van der Waals surface area contributed by atoms with Gasteiger partial charge >= 0.3 is 0 Å². The lowest BCUT2D eigenvalue weighted by atomic mass is 10.1. The molecule has 3 rings (SSSR count). The lowest BCUT2D eigenvalue weighted by Gasteiger charge is -2.27. The van der Waals surface area contributed by atoms with E-state index >= 15 is 0 Å². The Kier molecular flexibility index (Phi) is 7.08. The van der Waals surface area contributed by atoms with Gasteiger partial charge in [0.15, 0.2) is 0 Å². The zero-order valence-corrected chi connectivity index (χ0v) is 18.9. The maximum atomic E-state index is 2.40. The van der Waals surface area contributed by atoms with E-state index in [-0.39, 0.29) is 0 Å². The van der Waals surface area contributed by atoms with E-state index in [1.165, 1.54) is 56.6 Å². The summed E-state index contributed by atoms with van der Waals surface area (Å²) in [4.78, 5) is 0. The average Bonchev–Trinajstić information content (AvgIpc) is 2.71. The molecule has 0 saturated carbocycles. The molecule has 0 aromatic heterocycles. The molecule has 0 bridgehead atoms. The van der Waals surface area contributed by atoms with Crippen LogP contribution in [0.15, 0.2) is 60.7 Å². The molecular weight excluding hydrogens is 355 g/mol. The predicted molar refractivity (Wildman–Crippen MR) is 127 cm³/mol. The molecule has 0 heterocycles.